The Morgan fingerprint density at radius 1 is 1.50 bits per heavy atom. The average molecular weight is 335 g/mol. The zero-order chi connectivity index (χ0) is 13.1. The number of hydrogen-bond donors (Lipinski definition) is 1. The van der Waals surface area contributed by atoms with E-state index in [1.807, 2.05) is 0 Å². The van der Waals surface area contributed by atoms with Crippen LogP contribution in [0.1, 0.15) is 29.6 Å². The van der Waals surface area contributed by atoms with Crippen LogP contribution in [0.2, 0.25) is 0 Å². The molecule has 1 aromatic carbocycles. The molecule has 2 rings (SSSR count). The summed E-state index contributed by atoms with van der Waals surface area (Å²) in [5.74, 6) is -0.597. The molecule has 1 fully saturated rings. The molecule has 1 aliphatic rings. The highest BCUT2D eigenvalue weighted by Crippen LogP contribution is 2.29. The second-order valence-corrected chi connectivity index (χ2v) is 6.02. The van der Waals surface area contributed by atoms with Gasteiger partial charge in [0.25, 0.3) is 5.91 Å². The van der Waals surface area contributed by atoms with Gasteiger partial charge in [0.15, 0.2) is 0 Å². The summed E-state index contributed by atoms with van der Waals surface area (Å²) in [4.78, 5) is 11.9. The Hall–Kier alpha value is -0.610. The largest absolute Gasteiger partial charge is 0.352 e. The fraction of sp³-hybridized carbons (Fsp3) is 0.462. The number of alkyl halides is 1. The third-order valence-electron chi connectivity index (χ3n) is 3.26. The topological polar surface area (TPSA) is 29.1 Å². The number of hydrogen-bond acceptors (Lipinski definition) is 1. The van der Waals surface area contributed by atoms with Crippen molar-refractivity contribution in [1.29, 1.82) is 0 Å². The van der Waals surface area contributed by atoms with E-state index in [-0.39, 0.29) is 16.8 Å². The van der Waals surface area contributed by atoms with Crippen molar-refractivity contribution in [2.24, 2.45) is 5.92 Å². The number of benzene rings is 1. The molecule has 2 atom stereocenters. The van der Waals surface area contributed by atoms with E-state index in [1.165, 1.54) is 12.1 Å². The molecule has 0 saturated heterocycles. The third-order valence-corrected chi connectivity index (χ3v) is 4.33. The normalized spacial score (nSPS) is 23.1. The Kier molecular flexibility index (Phi) is 4.62. The van der Waals surface area contributed by atoms with E-state index in [0.717, 1.165) is 19.3 Å². The SMILES string of the molecule is O=C(NCC1CCCC1Cl)c1cc(Br)ccc1F. The van der Waals surface area contributed by atoms with Crippen molar-refractivity contribution < 1.29 is 9.18 Å². The summed E-state index contributed by atoms with van der Waals surface area (Å²) < 4.78 is 14.2. The van der Waals surface area contributed by atoms with Crippen LogP contribution in [0.25, 0.3) is 0 Å². The predicted molar refractivity (Wildman–Crippen MR) is 73.4 cm³/mol. The molecule has 1 amide bonds. The van der Waals surface area contributed by atoms with Crippen LogP contribution in [0.15, 0.2) is 22.7 Å². The highest BCUT2D eigenvalue weighted by molar-refractivity contribution is 9.10. The lowest BCUT2D eigenvalue weighted by Crippen LogP contribution is -2.31. The number of carbonyl (C=O) groups excluding carboxylic acids is 1. The van der Waals surface area contributed by atoms with E-state index in [9.17, 15) is 9.18 Å². The first-order valence-electron chi connectivity index (χ1n) is 5.95. The van der Waals surface area contributed by atoms with Gasteiger partial charge in [-0.2, -0.15) is 0 Å². The van der Waals surface area contributed by atoms with Gasteiger partial charge in [-0.1, -0.05) is 22.4 Å². The lowest BCUT2D eigenvalue weighted by Gasteiger charge is -2.14. The number of amides is 1. The maximum atomic E-state index is 13.5. The molecule has 1 saturated carbocycles. The van der Waals surface area contributed by atoms with Crippen molar-refractivity contribution in [3.05, 3.63) is 34.1 Å². The fourth-order valence-electron chi connectivity index (χ4n) is 2.21. The van der Waals surface area contributed by atoms with Crippen LogP contribution in [-0.4, -0.2) is 17.8 Å². The van der Waals surface area contributed by atoms with Crippen molar-refractivity contribution in [2.75, 3.05) is 6.54 Å². The Balaban J connectivity index is 1.97. The molecule has 2 nitrogen and oxygen atoms in total. The molecule has 1 aromatic rings. The van der Waals surface area contributed by atoms with E-state index in [1.54, 1.807) is 6.07 Å². The van der Waals surface area contributed by atoms with E-state index < -0.39 is 5.82 Å². The van der Waals surface area contributed by atoms with Crippen molar-refractivity contribution in [3.8, 4) is 0 Å². The van der Waals surface area contributed by atoms with Gasteiger partial charge in [-0.3, -0.25) is 4.79 Å². The molecule has 0 spiro atoms. The molecule has 2 unspecified atom stereocenters. The lowest BCUT2D eigenvalue weighted by molar-refractivity contribution is 0.0943. The van der Waals surface area contributed by atoms with E-state index >= 15 is 0 Å². The molecule has 98 valence electrons. The second-order valence-electron chi connectivity index (χ2n) is 4.54. The molecule has 0 radical (unpaired) electrons. The van der Waals surface area contributed by atoms with E-state index in [4.69, 9.17) is 11.6 Å². The Morgan fingerprint density at radius 2 is 2.28 bits per heavy atom. The average Bonchev–Trinajstić information content (AvgIpc) is 2.75. The summed E-state index contributed by atoms with van der Waals surface area (Å²) in [5, 5.41) is 2.88. The highest BCUT2D eigenvalue weighted by Gasteiger charge is 2.25. The summed E-state index contributed by atoms with van der Waals surface area (Å²) in [6, 6.07) is 4.33. The minimum atomic E-state index is -0.510. The number of carbonyl (C=O) groups is 1. The molecule has 0 aliphatic heterocycles. The second kappa shape index (κ2) is 6.02. The number of rotatable bonds is 3. The van der Waals surface area contributed by atoms with Gasteiger partial charge in [0, 0.05) is 16.4 Å². The Morgan fingerprint density at radius 3 is 2.94 bits per heavy atom. The molecule has 18 heavy (non-hydrogen) atoms. The van der Waals surface area contributed by atoms with Gasteiger partial charge in [0.1, 0.15) is 5.82 Å². The summed E-state index contributed by atoms with van der Waals surface area (Å²) in [5.41, 5.74) is 0.0634. The molecule has 1 N–H and O–H groups in total. The lowest BCUT2D eigenvalue weighted by atomic mass is 10.1. The summed E-state index contributed by atoms with van der Waals surface area (Å²) in [6.07, 6.45) is 3.11. The van der Waals surface area contributed by atoms with Crippen LogP contribution in [0.3, 0.4) is 0 Å². The van der Waals surface area contributed by atoms with Crippen LogP contribution in [-0.2, 0) is 0 Å². The van der Waals surface area contributed by atoms with Crippen molar-refractivity contribution in [3.63, 3.8) is 0 Å². The first-order valence-corrected chi connectivity index (χ1v) is 7.18. The van der Waals surface area contributed by atoms with Gasteiger partial charge >= 0.3 is 0 Å². The maximum absolute atomic E-state index is 13.5. The van der Waals surface area contributed by atoms with Crippen molar-refractivity contribution in [1.82, 2.24) is 5.32 Å². The molecular formula is C13H14BrClFNO. The molecule has 0 bridgehead atoms. The Labute approximate surface area is 119 Å². The van der Waals surface area contributed by atoms with Gasteiger partial charge < -0.3 is 5.32 Å². The monoisotopic (exact) mass is 333 g/mol. The Bertz CT molecular complexity index is 455. The first kappa shape index (κ1) is 13.8. The van der Waals surface area contributed by atoms with Crippen molar-refractivity contribution in [2.45, 2.75) is 24.6 Å². The van der Waals surface area contributed by atoms with Gasteiger partial charge in [-0.15, -0.1) is 11.6 Å². The highest BCUT2D eigenvalue weighted by atomic mass is 79.9. The fourth-order valence-corrected chi connectivity index (χ4v) is 2.94. The van der Waals surface area contributed by atoms with Crippen LogP contribution >= 0.6 is 27.5 Å². The smallest absolute Gasteiger partial charge is 0.254 e. The zero-order valence-corrected chi connectivity index (χ0v) is 12.1. The predicted octanol–water partition coefficient (Wildman–Crippen LogP) is 3.73. The van der Waals surface area contributed by atoms with Crippen molar-refractivity contribution >= 4 is 33.4 Å². The van der Waals surface area contributed by atoms with Crippen LogP contribution in [0.5, 0.6) is 0 Å². The summed E-state index contributed by atoms with van der Waals surface area (Å²) in [7, 11) is 0. The maximum Gasteiger partial charge on any atom is 0.254 e. The van der Waals surface area contributed by atoms with Gasteiger partial charge in [0.2, 0.25) is 0 Å². The van der Waals surface area contributed by atoms with Crippen LogP contribution in [0, 0.1) is 11.7 Å². The molecule has 1 aliphatic carbocycles. The standard InChI is InChI=1S/C13H14BrClFNO/c14-9-4-5-12(16)10(6-9)13(18)17-7-8-2-1-3-11(8)15/h4-6,8,11H,1-3,7H2,(H,17,18). The summed E-state index contributed by atoms with van der Waals surface area (Å²) >= 11 is 9.36. The van der Waals surface area contributed by atoms with Gasteiger partial charge in [-0.05, 0) is 37.0 Å². The van der Waals surface area contributed by atoms with E-state index in [0.29, 0.717) is 16.9 Å². The minimum Gasteiger partial charge on any atom is -0.352 e. The zero-order valence-electron chi connectivity index (χ0n) is 9.76. The number of nitrogens with one attached hydrogen (secondary N) is 1. The third kappa shape index (κ3) is 3.23. The molecular weight excluding hydrogens is 321 g/mol. The van der Waals surface area contributed by atoms with Gasteiger partial charge in [-0.25, -0.2) is 4.39 Å². The van der Waals surface area contributed by atoms with E-state index in [2.05, 4.69) is 21.2 Å². The van der Waals surface area contributed by atoms with Crippen LogP contribution in [0.4, 0.5) is 4.39 Å². The first-order chi connectivity index (χ1) is 8.58. The number of halogens is 3. The van der Waals surface area contributed by atoms with Gasteiger partial charge in [0.05, 0.1) is 5.56 Å². The quantitative estimate of drug-likeness (QED) is 0.839. The molecule has 5 heteroatoms. The molecule has 0 heterocycles. The van der Waals surface area contributed by atoms with Crippen LogP contribution < -0.4 is 5.32 Å². The summed E-state index contributed by atoms with van der Waals surface area (Å²) in [6.45, 7) is 0.513. The molecule has 0 aromatic heterocycles. The minimum absolute atomic E-state index is 0.0634.